The van der Waals surface area contributed by atoms with Crippen LogP contribution in [0.1, 0.15) is 60.2 Å². The third-order valence-electron chi connectivity index (χ3n) is 4.96. The molecule has 6 heteroatoms. The molecule has 0 aliphatic heterocycles. The van der Waals surface area contributed by atoms with E-state index in [2.05, 4.69) is 9.47 Å². The van der Waals surface area contributed by atoms with Gasteiger partial charge in [0.25, 0.3) is 0 Å². The van der Waals surface area contributed by atoms with E-state index in [1.165, 1.54) is 39.5 Å². The molecule has 0 heterocycles. The van der Waals surface area contributed by atoms with E-state index in [1.807, 2.05) is 0 Å². The van der Waals surface area contributed by atoms with E-state index in [0.29, 0.717) is 24.3 Å². The highest BCUT2D eigenvalue weighted by molar-refractivity contribution is 5.97. The van der Waals surface area contributed by atoms with E-state index >= 15 is 0 Å². The summed E-state index contributed by atoms with van der Waals surface area (Å²) >= 11 is 0. The van der Waals surface area contributed by atoms with Crippen LogP contribution in [-0.4, -0.2) is 66.4 Å². The molecule has 0 aromatic heterocycles. The number of hydrogen-bond acceptors (Lipinski definition) is 6. The number of methoxy groups -OCH3 is 4. The van der Waals surface area contributed by atoms with Crippen molar-refractivity contribution in [1.29, 1.82) is 0 Å². The van der Waals surface area contributed by atoms with Gasteiger partial charge in [-0.3, -0.25) is 9.59 Å². The molecule has 1 saturated carbocycles. The fraction of sp³-hybridized carbons (Fsp3) is 0.667. The highest BCUT2D eigenvalue weighted by Gasteiger charge is 2.20. The van der Waals surface area contributed by atoms with Crippen LogP contribution in [0.5, 0.6) is 0 Å². The highest BCUT2D eigenvalue weighted by atomic mass is 16.5. The molecular formula is C24H40O6. The quantitative estimate of drug-likeness (QED) is 0.431. The average Bonchev–Trinajstić information content (AvgIpc) is 2.75. The number of ketones is 2. The number of hydrogen-bond donors (Lipinski definition) is 0. The third-order valence-corrected chi connectivity index (χ3v) is 4.96. The van der Waals surface area contributed by atoms with Crippen LogP contribution in [0.25, 0.3) is 0 Å². The molecule has 0 spiro atoms. The Kier molecular flexibility index (Phi) is 17.2. The molecule has 1 aromatic rings. The van der Waals surface area contributed by atoms with E-state index in [-0.39, 0.29) is 11.6 Å². The topological polar surface area (TPSA) is 71.1 Å². The second-order valence-electron chi connectivity index (χ2n) is 7.47. The van der Waals surface area contributed by atoms with Gasteiger partial charge in [-0.05, 0) is 51.4 Å². The average molecular weight is 425 g/mol. The first-order chi connectivity index (χ1) is 14.4. The Morgan fingerprint density at radius 2 is 0.967 bits per heavy atom. The van der Waals surface area contributed by atoms with Gasteiger partial charge in [0.1, 0.15) is 0 Å². The predicted molar refractivity (Wildman–Crippen MR) is 119 cm³/mol. The molecule has 1 aromatic carbocycles. The van der Waals surface area contributed by atoms with Crippen molar-refractivity contribution in [2.24, 2.45) is 11.8 Å². The van der Waals surface area contributed by atoms with Crippen LogP contribution in [0.4, 0.5) is 0 Å². The fourth-order valence-electron chi connectivity index (χ4n) is 3.14. The maximum absolute atomic E-state index is 10.8. The standard InChI is InChI=1S/C10H20O2.C10H10O2.C4H10O2/c1-11-7-9-3-5-10(6-4-9)8-12-2;1-7(11)9-3-5-10(6-4-9)8(2)12;1-5-3-4-6-2/h9-10H,3-8H2,1-2H3;3-6H,1-2H3;3-4H2,1-2H3. The number of Topliss-reactive ketones (excluding diaryl/α,β-unsaturated/α-hetero) is 2. The highest BCUT2D eigenvalue weighted by Crippen LogP contribution is 2.28. The van der Waals surface area contributed by atoms with Crippen molar-refractivity contribution in [3.63, 3.8) is 0 Å². The molecule has 172 valence electrons. The number of carbonyl (C=O) groups excluding carboxylic acids is 2. The summed E-state index contributed by atoms with van der Waals surface area (Å²) < 4.78 is 19.6. The SMILES string of the molecule is CC(=O)c1ccc(C(C)=O)cc1.COCC1CCC(COC)CC1.COCCOC. The van der Waals surface area contributed by atoms with E-state index in [0.717, 1.165) is 25.0 Å². The first-order valence-electron chi connectivity index (χ1n) is 10.5. The molecule has 0 saturated heterocycles. The zero-order chi connectivity index (χ0) is 22.8. The van der Waals surface area contributed by atoms with Crippen molar-refractivity contribution in [3.05, 3.63) is 35.4 Å². The second kappa shape index (κ2) is 18.2. The van der Waals surface area contributed by atoms with Crippen LogP contribution in [0, 0.1) is 11.8 Å². The van der Waals surface area contributed by atoms with Crippen molar-refractivity contribution in [3.8, 4) is 0 Å². The predicted octanol–water partition coefficient (Wildman–Crippen LogP) is 4.46. The van der Waals surface area contributed by atoms with Crippen molar-refractivity contribution in [2.45, 2.75) is 39.5 Å². The first-order valence-corrected chi connectivity index (χ1v) is 10.5. The maximum Gasteiger partial charge on any atom is 0.159 e. The molecule has 0 amide bonds. The lowest BCUT2D eigenvalue weighted by molar-refractivity contribution is 0.0862. The van der Waals surface area contributed by atoms with E-state index < -0.39 is 0 Å². The fourth-order valence-corrected chi connectivity index (χ4v) is 3.14. The monoisotopic (exact) mass is 424 g/mol. The molecule has 6 nitrogen and oxygen atoms in total. The lowest BCUT2D eigenvalue weighted by Crippen LogP contribution is -2.20. The van der Waals surface area contributed by atoms with Crippen LogP contribution >= 0.6 is 0 Å². The first kappa shape index (κ1) is 28.4. The van der Waals surface area contributed by atoms with Gasteiger partial charge in [-0.2, -0.15) is 0 Å². The number of ether oxygens (including phenoxy) is 4. The van der Waals surface area contributed by atoms with Crippen molar-refractivity contribution in [2.75, 3.05) is 54.9 Å². The zero-order valence-electron chi connectivity index (χ0n) is 19.6. The van der Waals surface area contributed by atoms with Gasteiger partial charge in [0.15, 0.2) is 11.6 Å². The Hall–Kier alpha value is -1.60. The van der Waals surface area contributed by atoms with Crippen molar-refractivity contribution in [1.82, 2.24) is 0 Å². The summed E-state index contributed by atoms with van der Waals surface area (Å²) in [5.74, 6) is 1.65. The lowest BCUT2D eigenvalue weighted by Gasteiger charge is -2.27. The van der Waals surface area contributed by atoms with Gasteiger partial charge >= 0.3 is 0 Å². The van der Waals surface area contributed by atoms with E-state index in [9.17, 15) is 9.59 Å². The molecule has 2 rings (SSSR count). The van der Waals surface area contributed by atoms with Gasteiger partial charge in [0.05, 0.1) is 13.2 Å². The summed E-state index contributed by atoms with van der Waals surface area (Å²) in [4.78, 5) is 21.7. The molecule has 0 N–H and O–H groups in total. The lowest BCUT2D eigenvalue weighted by atomic mass is 9.83. The normalized spacial score (nSPS) is 17.8. The minimum Gasteiger partial charge on any atom is -0.384 e. The number of benzene rings is 1. The molecule has 0 atom stereocenters. The van der Waals surface area contributed by atoms with Crippen molar-refractivity contribution < 1.29 is 28.5 Å². The maximum atomic E-state index is 10.8. The van der Waals surface area contributed by atoms with Crippen LogP contribution in [0.2, 0.25) is 0 Å². The van der Waals surface area contributed by atoms with Gasteiger partial charge < -0.3 is 18.9 Å². The molecular weight excluding hydrogens is 384 g/mol. The smallest absolute Gasteiger partial charge is 0.159 e. The van der Waals surface area contributed by atoms with Crippen LogP contribution in [0.3, 0.4) is 0 Å². The second-order valence-corrected chi connectivity index (χ2v) is 7.47. The Labute approximate surface area is 182 Å². The van der Waals surface area contributed by atoms with Gasteiger partial charge in [-0.1, -0.05) is 24.3 Å². The van der Waals surface area contributed by atoms with Gasteiger partial charge in [-0.25, -0.2) is 0 Å². The summed E-state index contributed by atoms with van der Waals surface area (Å²) in [6, 6.07) is 6.66. The van der Waals surface area contributed by atoms with Gasteiger partial charge in [-0.15, -0.1) is 0 Å². The molecule has 1 aliphatic carbocycles. The largest absolute Gasteiger partial charge is 0.384 e. The van der Waals surface area contributed by atoms with Gasteiger partial charge in [0.2, 0.25) is 0 Å². The summed E-state index contributed by atoms with van der Waals surface area (Å²) in [5, 5.41) is 0. The van der Waals surface area contributed by atoms with Crippen LogP contribution in [0.15, 0.2) is 24.3 Å². The minimum absolute atomic E-state index is 0.0186. The molecule has 0 unspecified atom stereocenters. The number of rotatable bonds is 9. The van der Waals surface area contributed by atoms with E-state index in [4.69, 9.17) is 9.47 Å². The minimum atomic E-state index is 0.0186. The van der Waals surface area contributed by atoms with Crippen molar-refractivity contribution >= 4 is 11.6 Å². The Balaban J connectivity index is 0.000000447. The Morgan fingerprint density at radius 1 is 0.667 bits per heavy atom. The summed E-state index contributed by atoms with van der Waals surface area (Å²) in [7, 11) is 6.89. The Morgan fingerprint density at radius 3 is 1.17 bits per heavy atom. The van der Waals surface area contributed by atoms with Crippen LogP contribution in [-0.2, 0) is 18.9 Å². The summed E-state index contributed by atoms with van der Waals surface area (Å²) in [5.41, 5.74) is 1.28. The Bertz CT molecular complexity index is 511. The van der Waals surface area contributed by atoms with Gasteiger partial charge in [0, 0.05) is 52.8 Å². The van der Waals surface area contributed by atoms with E-state index in [1.54, 1.807) is 52.7 Å². The summed E-state index contributed by atoms with van der Waals surface area (Å²) in [6.45, 7) is 6.28. The molecule has 1 aliphatic rings. The zero-order valence-corrected chi connectivity index (χ0v) is 19.6. The molecule has 1 fully saturated rings. The molecule has 0 bridgehead atoms. The third kappa shape index (κ3) is 13.6. The molecule has 30 heavy (non-hydrogen) atoms. The summed E-state index contributed by atoms with van der Waals surface area (Å²) in [6.07, 6.45) is 5.29. The molecule has 0 radical (unpaired) electrons. The number of carbonyl (C=O) groups is 2. The van der Waals surface area contributed by atoms with Crippen LogP contribution < -0.4 is 0 Å².